The van der Waals surface area contributed by atoms with E-state index in [1.165, 1.54) is 11.3 Å². The van der Waals surface area contributed by atoms with E-state index in [0.29, 0.717) is 42.9 Å². The van der Waals surface area contributed by atoms with Gasteiger partial charge in [0.05, 0.1) is 17.8 Å². The zero-order chi connectivity index (χ0) is 23.4. The fraction of sp³-hybridized carbons (Fsp3) is 0.250. The number of nitrogens with two attached hydrogens (primary N) is 2. The quantitative estimate of drug-likeness (QED) is 0.496. The van der Waals surface area contributed by atoms with Gasteiger partial charge in [0.2, 0.25) is 11.8 Å². The highest BCUT2D eigenvalue weighted by atomic mass is 32.1. The Morgan fingerprint density at radius 3 is 2.45 bits per heavy atom. The molecule has 8 nitrogen and oxygen atoms in total. The van der Waals surface area contributed by atoms with E-state index in [-0.39, 0.29) is 24.2 Å². The average molecular weight is 464 g/mol. The van der Waals surface area contributed by atoms with Crippen LogP contribution in [0.3, 0.4) is 0 Å². The van der Waals surface area contributed by atoms with Gasteiger partial charge in [0.15, 0.2) is 0 Å². The van der Waals surface area contributed by atoms with Gasteiger partial charge in [0.25, 0.3) is 5.91 Å². The Hall–Kier alpha value is -3.72. The van der Waals surface area contributed by atoms with Gasteiger partial charge in [0.1, 0.15) is 10.7 Å². The van der Waals surface area contributed by atoms with Gasteiger partial charge in [-0.05, 0) is 30.5 Å². The number of rotatable bonds is 7. The molecule has 0 atom stereocenters. The number of primary amides is 2. The van der Waals surface area contributed by atoms with Gasteiger partial charge in [-0.3, -0.25) is 14.4 Å². The summed E-state index contributed by atoms with van der Waals surface area (Å²) in [4.78, 5) is 42.6. The van der Waals surface area contributed by atoms with E-state index in [0.717, 1.165) is 16.3 Å². The van der Waals surface area contributed by atoms with E-state index in [1.54, 1.807) is 11.4 Å². The van der Waals surface area contributed by atoms with Crippen molar-refractivity contribution in [3.63, 3.8) is 0 Å². The minimum absolute atomic E-state index is 0.0712. The van der Waals surface area contributed by atoms with E-state index in [4.69, 9.17) is 11.5 Å². The molecule has 9 heteroatoms. The van der Waals surface area contributed by atoms with Crippen molar-refractivity contribution in [3.8, 4) is 10.6 Å². The van der Waals surface area contributed by atoms with Gasteiger partial charge >= 0.3 is 0 Å². The highest BCUT2D eigenvalue weighted by molar-refractivity contribution is 7.13. The van der Waals surface area contributed by atoms with Crippen molar-refractivity contribution in [2.75, 3.05) is 23.3 Å². The maximum Gasteiger partial charge on any atom is 0.275 e. The number of amides is 3. The molecule has 2 heterocycles. The summed E-state index contributed by atoms with van der Waals surface area (Å²) in [6, 6.07) is 15.1. The molecule has 1 aliphatic heterocycles. The van der Waals surface area contributed by atoms with Crippen LogP contribution in [0.5, 0.6) is 0 Å². The van der Waals surface area contributed by atoms with Gasteiger partial charge in [-0.1, -0.05) is 36.4 Å². The van der Waals surface area contributed by atoms with E-state index in [1.807, 2.05) is 42.5 Å². The molecular weight excluding hydrogens is 438 g/mol. The van der Waals surface area contributed by atoms with Crippen LogP contribution < -0.4 is 21.7 Å². The molecule has 33 heavy (non-hydrogen) atoms. The first kappa shape index (κ1) is 22.5. The summed E-state index contributed by atoms with van der Waals surface area (Å²) >= 11 is 1.40. The molecule has 0 saturated carbocycles. The summed E-state index contributed by atoms with van der Waals surface area (Å²) in [5.74, 6) is -1.20. The SMILES string of the molecule is NC(=O)Cc1ccc(N2CCC(C(N)=O)CC2)c(NC(=O)c2csc(-c3ccccc3)n2)c1. The molecule has 5 N–H and O–H groups in total. The van der Waals surface area contributed by atoms with Crippen LogP contribution in [0.15, 0.2) is 53.9 Å². The van der Waals surface area contributed by atoms with Crippen molar-refractivity contribution in [2.24, 2.45) is 17.4 Å². The number of nitrogens with zero attached hydrogens (tertiary/aromatic N) is 2. The highest BCUT2D eigenvalue weighted by Crippen LogP contribution is 2.32. The average Bonchev–Trinajstić information content (AvgIpc) is 3.30. The number of carbonyl (C=O) groups excluding carboxylic acids is 3. The lowest BCUT2D eigenvalue weighted by Crippen LogP contribution is -2.39. The van der Waals surface area contributed by atoms with Gasteiger partial charge in [-0.15, -0.1) is 11.3 Å². The minimum atomic E-state index is -0.450. The van der Waals surface area contributed by atoms with E-state index in [9.17, 15) is 14.4 Å². The zero-order valence-electron chi connectivity index (χ0n) is 18.0. The van der Waals surface area contributed by atoms with Crippen LogP contribution in [0.4, 0.5) is 11.4 Å². The van der Waals surface area contributed by atoms with Crippen LogP contribution in [0.1, 0.15) is 28.9 Å². The molecule has 0 radical (unpaired) electrons. The molecule has 1 aromatic heterocycles. The zero-order valence-corrected chi connectivity index (χ0v) is 18.8. The van der Waals surface area contributed by atoms with Gasteiger partial charge in [-0.25, -0.2) is 4.98 Å². The first-order chi connectivity index (χ1) is 15.9. The maximum absolute atomic E-state index is 13.0. The summed E-state index contributed by atoms with van der Waals surface area (Å²) in [6.07, 6.45) is 1.37. The van der Waals surface area contributed by atoms with Crippen molar-refractivity contribution in [1.82, 2.24) is 4.98 Å². The monoisotopic (exact) mass is 463 g/mol. The van der Waals surface area contributed by atoms with E-state index >= 15 is 0 Å². The molecule has 0 aliphatic carbocycles. The molecule has 0 unspecified atom stereocenters. The van der Waals surface area contributed by atoms with Crippen LogP contribution in [0.25, 0.3) is 10.6 Å². The topological polar surface area (TPSA) is 131 Å². The van der Waals surface area contributed by atoms with Crippen LogP contribution in [-0.4, -0.2) is 35.8 Å². The first-order valence-corrected chi connectivity index (χ1v) is 11.6. The fourth-order valence-electron chi connectivity index (χ4n) is 3.95. The number of thiazole rings is 1. The maximum atomic E-state index is 13.0. The Balaban J connectivity index is 1.57. The van der Waals surface area contributed by atoms with Crippen LogP contribution >= 0.6 is 11.3 Å². The number of carbonyl (C=O) groups is 3. The minimum Gasteiger partial charge on any atom is -0.370 e. The number of piperidine rings is 1. The third-order valence-corrected chi connectivity index (χ3v) is 6.57. The predicted molar refractivity (Wildman–Crippen MR) is 129 cm³/mol. The van der Waals surface area contributed by atoms with Crippen molar-refractivity contribution >= 4 is 40.4 Å². The predicted octanol–water partition coefficient (Wildman–Crippen LogP) is 2.79. The molecule has 1 aliphatic rings. The van der Waals surface area contributed by atoms with Gasteiger partial charge < -0.3 is 21.7 Å². The van der Waals surface area contributed by atoms with Crippen molar-refractivity contribution < 1.29 is 14.4 Å². The Kier molecular flexibility index (Phi) is 6.69. The summed E-state index contributed by atoms with van der Waals surface area (Å²) in [7, 11) is 0. The molecule has 0 spiro atoms. The van der Waals surface area contributed by atoms with Crippen LogP contribution in [0.2, 0.25) is 0 Å². The van der Waals surface area contributed by atoms with Crippen molar-refractivity contribution in [3.05, 3.63) is 65.2 Å². The second-order valence-electron chi connectivity index (χ2n) is 8.02. The second kappa shape index (κ2) is 9.83. The molecule has 2 aromatic carbocycles. The highest BCUT2D eigenvalue weighted by Gasteiger charge is 2.25. The molecule has 4 rings (SSSR count). The lowest BCUT2D eigenvalue weighted by atomic mass is 9.95. The van der Waals surface area contributed by atoms with Crippen LogP contribution in [-0.2, 0) is 16.0 Å². The molecule has 170 valence electrons. The number of aromatic nitrogens is 1. The molecule has 0 bridgehead atoms. The number of nitrogens with one attached hydrogen (secondary N) is 1. The van der Waals surface area contributed by atoms with Crippen molar-refractivity contribution in [1.29, 1.82) is 0 Å². The lowest BCUT2D eigenvalue weighted by molar-refractivity contribution is -0.122. The Morgan fingerprint density at radius 1 is 1.06 bits per heavy atom. The third-order valence-electron chi connectivity index (χ3n) is 5.68. The molecule has 3 aromatic rings. The molecule has 1 saturated heterocycles. The van der Waals surface area contributed by atoms with Crippen LogP contribution in [0, 0.1) is 5.92 Å². The number of benzene rings is 2. The Labute approximate surface area is 195 Å². The smallest absolute Gasteiger partial charge is 0.275 e. The lowest BCUT2D eigenvalue weighted by Gasteiger charge is -2.33. The molecular formula is C24H25N5O3S. The van der Waals surface area contributed by atoms with E-state index < -0.39 is 5.91 Å². The van der Waals surface area contributed by atoms with Gasteiger partial charge in [0, 0.05) is 30.0 Å². The summed E-state index contributed by atoms with van der Waals surface area (Å²) < 4.78 is 0. The standard InChI is InChI=1S/C24H25N5O3S/c25-21(30)13-15-6-7-20(29-10-8-16(9-11-29)22(26)31)18(12-15)27-23(32)19-14-33-24(28-19)17-4-2-1-3-5-17/h1-7,12,14,16H,8-11,13H2,(H2,25,30)(H2,26,31)(H,27,32). The van der Waals surface area contributed by atoms with Gasteiger partial charge in [-0.2, -0.15) is 0 Å². The normalized spacial score (nSPS) is 14.1. The van der Waals surface area contributed by atoms with Crippen molar-refractivity contribution in [2.45, 2.75) is 19.3 Å². The molecule has 1 fully saturated rings. The molecule has 3 amide bonds. The summed E-state index contributed by atoms with van der Waals surface area (Å²) in [5, 5.41) is 5.44. The number of hydrogen-bond acceptors (Lipinski definition) is 6. The Morgan fingerprint density at radius 2 is 1.79 bits per heavy atom. The second-order valence-corrected chi connectivity index (χ2v) is 8.87. The summed E-state index contributed by atoms with van der Waals surface area (Å²) in [6.45, 7) is 1.28. The first-order valence-electron chi connectivity index (χ1n) is 10.7. The fourth-order valence-corrected chi connectivity index (χ4v) is 4.76. The number of anilines is 2. The van der Waals surface area contributed by atoms with E-state index in [2.05, 4.69) is 15.2 Å². The largest absolute Gasteiger partial charge is 0.370 e. The third kappa shape index (κ3) is 5.38. The summed E-state index contributed by atoms with van der Waals surface area (Å²) in [5.41, 5.74) is 14.2. The Bertz CT molecular complexity index is 1170. The number of hydrogen-bond donors (Lipinski definition) is 3.